The van der Waals surface area contributed by atoms with Crippen LogP contribution >= 0.6 is 0 Å². The van der Waals surface area contributed by atoms with Crippen molar-refractivity contribution in [1.29, 1.82) is 0 Å². The van der Waals surface area contributed by atoms with Gasteiger partial charge in [0.25, 0.3) is 0 Å². The van der Waals surface area contributed by atoms with E-state index < -0.39 is 6.23 Å². The number of methoxy groups -OCH3 is 2. The molecule has 0 bridgehead atoms. The largest absolute Gasteiger partial charge is 0.507 e. The van der Waals surface area contributed by atoms with Crippen LogP contribution in [0.3, 0.4) is 0 Å². The van der Waals surface area contributed by atoms with Crippen LogP contribution in [-0.2, 0) is 0 Å². The molecule has 0 aromatic heterocycles. The molecule has 31 heavy (non-hydrogen) atoms. The van der Waals surface area contributed by atoms with E-state index >= 15 is 0 Å². The Kier molecular flexibility index (Phi) is 4.66. The van der Waals surface area contributed by atoms with Gasteiger partial charge in [-0.15, -0.1) is 0 Å². The summed E-state index contributed by atoms with van der Waals surface area (Å²) < 4.78 is 31.1. The zero-order valence-electron chi connectivity index (χ0n) is 17.1. The minimum atomic E-state index is -0.644. The van der Waals surface area contributed by atoms with Gasteiger partial charge in [0.05, 0.1) is 26.0 Å². The maximum atomic E-state index is 14.0. The molecule has 0 spiro atoms. The van der Waals surface area contributed by atoms with Crippen LogP contribution in [0.4, 0.5) is 4.39 Å². The van der Waals surface area contributed by atoms with E-state index in [0.717, 1.165) is 5.56 Å². The van der Waals surface area contributed by atoms with Crippen molar-refractivity contribution in [3.8, 4) is 23.0 Å². The van der Waals surface area contributed by atoms with Gasteiger partial charge in [-0.25, -0.2) is 9.40 Å². The summed E-state index contributed by atoms with van der Waals surface area (Å²) in [5.74, 6) is 1.62. The Morgan fingerprint density at radius 1 is 1.06 bits per heavy atom. The summed E-state index contributed by atoms with van der Waals surface area (Å²) in [7, 11) is 3.17. The van der Waals surface area contributed by atoms with Gasteiger partial charge in [-0.3, -0.25) is 0 Å². The Bertz CT molecular complexity index is 1180. The van der Waals surface area contributed by atoms with E-state index in [1.54, 1.807) is 38.5 Å². The van der Waals surface area contributed by atoms with E-state index in [-0.39, 0.29) is 17.6 Å². The lowest BCUT2D eigenvalue weighted by atomic mass is 9.95. The van der Waals surface area contributed by atoms with Crippen LogP contribution in [0.15, 0.2) is 65.8 Å². The maximum absolute atomic E-state index is 14.0. The molecule has 7 heteroatoms. The average Bonchev–Trinajstić information content (AvgIpc) is 3.24. The van der Waals surface area contributed by atoms with Gasteiger partial charge < -0.3 is 19.3 Å². The second-order valence-corrected chi connectivity index (χ2v) is 7.43. The van der Waals surface area contributed by atoms with E-state index in [0.29, 0.717) is 40.5 Å². The third kappa shape index (κ3) is 3.22. The third-order valence-corrected chi connectivity index (χ3v) is 5.65. The Morgan fingerprint density at radius 2 is 1.90 bits per heavy atom. The first-order valence-corrected chi connectivity index (χ1v) is 9.91. The number of benzene rings is 3. The number of phenolic OH excluding ortho intramolecular Hbond substituents is 1. The van der Waals surface area contributed by atoms with Crippen molar-refractivity contribution in [3.05, 3.63) is 83.2 Å². The predicted octanol–water partition coefficient (Wildman–Crippen LogP) is 4.79. The molecule has 6 nitrogen and oxygen atoms in total. The molecule has 1 N–H and O–H groups in total. The highest BCUT2D eigenvalue weighted by atomic mass is 19.1. The molecule has 0 amide bonds. The SMILES string of the molecule is COc1ccc(O)c(C2=NN3[C@@H](C2)c2cccc(OC)c2O[C@H]3c2cccc(F)c2)c1. The summed E-state index contributed by atoms with van der Waals surface area (Å²) in [5.41, 5.74) is 2.85. The molecule has 0 aliphatic carbocycles. The summed E-state index contributed by atoms with van der Waals surface area (Å²) >= 11 is 0. The van der Waals surface area contributed by atoms with Crippen LogP contribution in [0.1, 0.15) is 35.4 Å². The fourth-order valence-electron chi connectivity index (χ4n) is 4.16. The normalized spacial score (nSPS) is 19.2. The Hall–Kier alpha value is -3.74. The Balaban J connectivity index is 1.64. The first kappa shape index (κ1) is 19.2. The van der Waals surface area contributed by atoms with Crippen molar-refractivity contribution in [2.75, 3.05) is 14.2 Å². The zero-order valence-corrected chi connectivity index (χ0v) is 17.1. The lowest BCUT2D eigenvalue weighted by Gasteiger charge is -2.38. The summed E-state index contributed by atoms with van der Waals surface area (Å²) in [6.45, 7) is 0. The van der Waals surface area contributed by atoms with Crippen molar-refractivity contribution in [2.45, 2.75) is 18.7 Å². The number of para-hydroxylation sites is 1. The summed E-state index contributed by atoms with van der Waals surface area (Å²) in [6.07, 6.45) is -0.106. The lowest BCUT2D eigenvalue weighted by molar-refractivity contribution is -0.0210. The summed E-state index contributed by atoms with van der Waals surface area (Å²) in [5, 5.41) is 17.1. The van der Waals surface area contributed by atoms with E-state index in [4.69, 9.17) is 19.3 Å². The first-order valence-electron chi connectivity index (χ1n) is 9.91. The number of nitrogens with zero attached hydrogens (tertiary/aromatic N) is 2. The molecule has 2 atom stereocenters. The highest BCUT2D eigenvalue weighted by molar-refractivity contribution is 6.04. The molecule has 3 aromatic carbocycles. The topological polar surface area (TPSA) is 63.5 Å². The molecule has 3 aromatic rings. The van der Waals surface area contributed by atoms with Gasteiger partial charge in [0.1, 0.15) is 17.3 Å². The van der Waals surface area contributed by atoms with E-state index in [1.165, 1.54) is 12.1 Å². The van der Waals surface area contributed by atoms with Gasteiger partial charge in [0.2, 0.25) is 6.23 Å². The van der Waals surface area contributed by atoms with E-state index in [9.17, 15) is 9.50 Å². The van der Waals surface area contributed by atoms with Gasteiger partial charge in [-0.2, -0.15) is 5.10 Å². The highest BCUT2D eigenvalue weighted by Crippen LogP contribution is 2.51. The highest BCUT2D eigenvalue weighted by Gasteiger charge is 2.42. The molecule has 2 aliphatic rings. The van der Waals surface area contributed by atoms with Crippen LogP contribution in [0.5, 0.6) is 23.0 Å². The number of halogens is 1. The molecule has 0 unspecified atom stereocenters. The molecule has 2 heterocycles. The van der Waals surface area contributed by atoms with Crippen LogP contribution in [0.2, 0.25) is 0 Å². The molecule has 0 radical (unpaired) electrons. The molecule has 0 saturated carbocycles. The van der Waals surface area contributed by atoms with E-state index in [1.807, 2.05) is 29.3 Å². The maximum Gasteiger partial charge on any atom is 0.214 e. The molecule has 5 rings (SSSR count). The standard InChI is InChI=1S/C24H21FN2O4/c1-29-16-9-10-21(28)18(12-16)19-13-20-17-7-4-8-22(30-2)23(17)31-24(27(20)26-19)14-5-3-6-15(25)11-14/h3-12,20,24,28H,13H2,1-2H3/t20-,24-/m0/s1. The fraction of sp³-hybridized carbons (Fsp3) is 0.208. The minimum absolute atomic E-state index is 0.119. The lowest BCUT2D eigenvalue weighted by Crippen LogP contribution is -2.34. The quantitative estimate of drug-likeness (QED) is 0.658. The molecule has 0 saturated heterocycles. The third-order valence-electron chi connectivity index (χ3n) is 5.65. The van der Waals surface area contributed by atoms with E-state index in [2.05, 4.69) is 0 Å². The molecule has 2 aliphatic heterocycles. The number of aromatic hydroxyl groups is 1. The van der Waals surface area contributed by atoms with Crippen LogP contribution in [0.25, 0.3) is 0 Å². The first-order chi connectivity index (χ1) is 15.1. The minimum Gasteiger partial charge on any atom is -0.507 e. The van der Waals surface area contributed by atoms with Crippen molar-refractivity contribution in [1.82, 2.24) is 5.01 Å². The summed E-state index contributed by atoms with van der Waals surface area (Å²) in [4.78, 5) is 0. The number of hydrogen-bond acceptors (Lipinski definition) is 6. The number of fused-ring (bicyclic) bond motifs is 3. The van der Waals surface area contributed by atoms with Gasteiger partial charge in [-0.1, -0.05) is 24.3 Å². The van der Waals surface area contributed by atoms with Gasteiger partial charge in [0.15, 0.2) is 11.5 Å². The predicted molar refractivity (Wildman–Crippen MR) is 113 cm³/mol. The van der Waals surface area contributed by atoms with Crippen molar-refractivity contribution in [3.63, 3.8) is 0 Å². The van der Waals surface area contributed by atoms with Gasteiger partial charge >= 0.3 is 0 Å². The Labute approximate surface area is 179 Å². The summed E-state index contributed by atoms with van der Waals surface area (Å²) in [6, 6.07) is 16.9. The molecule has 0 fully saturated rings. The smallest absolute Gasteiger partial charge is 0.214 e. The zero-order chi connectivity index (χ0) is 21.5. The molecule has 158 valence electrons. The molecular weight excluding hydrogens is 399 g/mol. The average molecular weight is 420 g/mol. The second kappa shape index (κ2) is 7.50. The number of rotatable bonds is 4. The fourth-order valence-corrected chi connectivity index (χ4v) is 4.16. The number of phenols is 1. The van der Waals surface area contributed by atoms with Crippen LogP contribution in [0, 0.1) is 5.82 Å². The van der Waals surface area contributed by atoms with Crippen LogP contribution < -0.4 is 14.2 Å². The number of ether oxygens (including phenoxy) is 3. The molecular formula is C24H21FN2O4. The van der Waals surface area contributed by atoms with Crippen molar-refractivity contribution >= 4 is 5.71 Å². The number of hydrazone groups is 1. The van der Waals surface area contributed by atoms with Gasteiger partial charge in [0, 0.05) is 23.1 Å². The monoisotopic (exact) mass is 420 g/mol. The Morgan fingerprint density at radius 3 is 2.68 bits per heavy atom. The second-order valence-electron chi connectivity index (χ2n) is 7.43. The van der Waals surface area contributed by atoms with Crippen LogP contribution in [-0.4, -0.2) is 30.0 Å². The van der Waals surface area contributed by atoms with Gasteiger partial charge in [-0.05, 0) is 36.4 Å². The van der Waals surface area contributed by atoms with Crippen molar-refractivity contribution < 1.29 is 23.7 Å². The van der Waals surface area contributed by atoms with Crippen molar-refractivity contribution in [2.24, 2.45) is 5.10 Å². The number of hydrogen-bond donors (Lipinski definition) is 1.